The second-order valence-corrected chi connectivity index (χ2v) is 7.17. The SMILES string of the molecule is Cc1ccn2c(C3CCCS(=O)(=O)C3)nnc2c1. The summed E-state index contributed by atoms with van der Waals surface area (Å²) in [7, 11) is -2.92. The zero-order valence-corrected chi connectivity index (χ0v) is 11.0. The van der Waals surface area contributed by atoms with Gasteiger partial charge in [0.05, 0.1) is 11.5 Å². The van der Waals surface area contributed by atoms with Crippen LogP contribution in [0.15, 0.2) is 18.3 Å². The predicted molar refractivity (Wildman–Crippen MR) is 68.4 cm³/mol. The number of nitrogens with zero attached hydrogens (tertiary/aromatic N) is 3. The summed E-state index contributed by atoms with van der Waals surface area (Å²) in [6.07, 6.45) is 3.50. The second-order valence-electron chi connectivity index (χ2n) is 4.94. The van der Waals surface area contributed by atoms with Crippen molar-refractivity contribution in [1.29, 1.82) is 0 Å². The van der Waals surface area contributed by atoms with E-state index in [9.17, 15) is 8.42 Å². The zero-order chi connectivity index (χ0) is 12.8. The molecule has 2 aromatic heterocycles. The highest BCUT2D eigenvalue weighted by molar-refractivity contribution is 7.91. The van der Waals surface area contributed by atoms with Crippen LogP contribution in [0.4, 0.5) is 0 Å². The monoisotopic (exact) mass is 265 g/mol. The molecule has 1 unspecified atom stereocenters. The van der Waals surface area contributed by atoms with E-state index in [1.165, 1.54) is 0 Å². The van der Waals surface area contributed by atoms with Gasteiger partial charge in [-0.15, -0.1) is 10.2 Å². The van der Waals surface area contributed by atoms with E-state index in [4.69, 9.17) is 0 Å². The van der Waals surface area contributed by atoms with E-state index in [0.29, 0.717) is 12.2 Å². The number of rotatable bonds is 1. The third-order valence-corrected chi connectivity index (χ3v) is 5.24. The number of fused-ring (bicyclic) bond motifs is 1. The summed E-state index contributed by atoms with van der Waals surface area (Å²) in [4.78, 5) is 0. The van der Waals surface area contributed by atoms with Gasteiger partial charge in [-0.05, 0) is 37.5 Å². The molecule has 0 aromatic carbocycles. The molecule has 1 saturated heterocycles. The molecule has 5 nitrogen and oxygen atoms in total. The lowest BCUT2D eigenvalue weighted by atomic mass is 10.0. The van der Waals surface area contributed by atoms with Crippen molar-refractivity contribution in [1.82, 2.24) is 14.6 Å². The molecule has 0 bridgehead atoms. The highest BCUT2D eigenvalue weighted by Crippen LogP contribution is 2.27. The van der Waals surface area contributed by atoms with Crippen LogP contribution in [0.1, 0.15) is 30.1 Å². The fraction of sp³-hybridized carbons (Fsp3) is 0.500. The van der Waals surface area contributed by atoms with Crippen molar-refractivity contribution < 1.29 is 8.42 Å². The van der Waals surface area contributed by atoms with Gasteiger partial charge < -0.3 is 0 Å². The van der Waals surface area contributed by atoms with Gasteiger partial charge in [0.1, 0.15) is 5.82 Å². The molecule has 1 atom stereocenters. The molecule has 0 radical (unpaired) electrons. The van der Waals surface area contributed by atoms with Crippen LogP contribution in [-0.2, 0) is 9.84 Å². The van der Waals surface area contributed by atoms with E-state index in [2.05, 4.69) is 10.2 Å². The second kappa shape index (κ2) is 4.05. The molecular weight excluding hydrogens is 250 g/mol. The maximum Gasteiger partial charge on any atom is 0.161 e. The minimum Gasteiger partial charge on any atom is -0.286 e. The third kappa shape index (κ3) is 2.01. The lowest BCUT2D eigenvalue weighted by Crippen LogP contribution is -2.25. The first kappa shape index (κ1) is 11.6. The van der Waals surface area contributed by atoms with Gasteiger partial charge >= 0.3 is 0 Å². The van der Waals surface area contributed by atoms with Crippen molar-refractivity contribution in [2.45, 2.75) is 25.7 Å². The van der Waals surface area contributed by atoms with Gasteiger partial charge in [-0.1, -0.05) is 0 Å². The summed E-state index contributed by atoms with van der Waals surface area (Å²) >= 11 is 0. The lowest BCUT2D eigenvalue weighted by molar-refractivity contribution is 0.541. The molecule has 1 fully saturated rings. The van der Waals surface area contributed by atoms with Crippen LogP contribution in [0.2, 0.25) is 0 Å². The van der Waals surface area contributed by atoms with E-state index in [-0.39, 0.29) is 11.7 Å². The van der Waals surface area contributed by atoms with Crippen LogP contribution in [-0.4, -0.2) is 34.5 Å². The molecule has 3 heterocycles. The number of hydrogen-bond donors (Lipinski definition) is 0. The van der Waals surface area contributed by atoms with Crippen LogP contribution >= 0.6 is 0 Å². The molecular formula is C12H15N3O2S. The Morgan fingerprint density at radius 3 is 3.00 bits per heavy atom. The molecule has 0 spiro atoms. The third-order valence-electron chi connectivity index (χ3n) is 3.42. The van der Waals surface area contributed by atoms with Crippen LogP contribution in [0.25, 0.3) is 5.65 Å². The molecule has 0 amide bonds. The quantitative estimate of drug-likeness (QED) is 0.780. The van der Waals surface area contributed by atoms with Crippen molar-refractivity contribution in [3.8, 4) is 0 Å². The Balaban J connectivity index is 2.04. The maximum atomic E-state index is 11.7. The van der Waals surface area contributed by atoms with Crippen LogP contribution in [0.5, 0.6) is 0 Å². The first-order valence-corrected chi connectivity index (χ1v) is 7.89. The molecule has 1 aliphatic rings. The smallest absolute Gasteiger partial charge is 0.161 e. The average Bonchev–Trinajstić information content (AvgIpc) is 2.70. The number of hydrogen-bond acceptors (Lipinski definition) is 4. The Labute approximate surface area is 106 Å². The lowest BCUT2D eigenvalue weighted by Gasteiger charge is -2.20. The van der Waals surface area contributed by atoms with Gasteiger partial charge in [-0.3, -0.25) is 4.40 Å². The molecule has 2 aromatic rings. The Hall–Kier alpha value is -1.43. The van der Waals surface area contributed by atoms with Crippen molar-refractivity contribution in [3.63, 3.8) is 0 Å². The van der Waals surface area contributed by atoms with E-state index in [1.807, 2.05) is 29.7 Å². The van der Waals surface area contributed by atoms with Gasteiger partial charge in [-0.25, -0.2) is 8.42 Å². The number of aryl methyl sites for hydroxylation is 1. The molecule has 0 saturated carbocycles. The van der Waals surface area contributed by atoms with E-state index >= 15 is 0 Å². The van der Waals surface area contributed by atoms with Crippen molar-refractivity contribution in [2.24, 2.45) is 0 Å². The van der Waals surface area contributed by atoms with Gasteiger partial charge in [-0.2, -0.15) is 0 Å². The Kier molecular flexibility index (Phi) is 2.62. The Morgan fingerprint density at radius 2 is 2.22 bits per heavy atom. The summed E-state index contributed by atoms with van der Waals surface area (Å²) in [5, 5.41) is 8.29. The number of sulfone groups is 1. The first-order valence-electron chi connectivity index (χ1n) is 6.07. The fourth-order valence-electron chi connectivity index (χ4n) is 2.52. The summed E-state index contributed by atoms with van der Waals surface area (Å²) in [6.45, 7) is 2.00. The fourth-order valence-corrected chi connectivity index (χ4v) is 4.22. The maximum absolute atomic E-state index is 11.7. The van der Waals surface area contributed by atoms with Gasteiger partial charge in [0.15, 0.2) is 15.5 Å². The minimum atomic E-state index is -2.92. The number of pyridine rings is 1. The largest absolute Gasteiger partial charge is 0.286 e. The molecule has 18 heavy (non-hydrogen) atoms. The molecule has 0 aliphatic carbocycles. The number of aromatic nitrogens is 3. The molecule has 96 valence electrons. The summed E-state index contributed by atoms with van der Waals surface area (Å²) in [6, 6.07) is 3.94. The Morgan fingerprint density at radius 1 is 1.39 bits per heavy atom. The standard InChI is InChI=1S/C12H15N3O2S/c1-9-4-5-15-11(7-9)13-14-12(15)10-3-2-6-18(16,17)8-10/h4-5,7,10H,2-3,6,8H2,1H3. The van der Waals surface area contributed by atoms with Gasteiger partial charge in [0, 0.05) is 12.1 Å². The molecule has 1 aliphatic heterocycles. The first-order chi connectivity index (χ1) is 8.55. The van der Waals surface area contributed by atoms with E-state index in [1.54, 1.807) is 0 Å². The minimum absolute atomic E-state index is 0.0264. The van der Waals surface area contributed by atoms with Gasteiger partial charge in [0.25, 0.3) is 0 Å². The summed E-state index contributed by atoms with van der Waals surface area (Å²) in [5.74, 6) is 1.25. The topological polar surface area (TPSA) is 64.3 Å². The Bertz CT molecular complexity index is 690. The van der Waals surface area contributed by atoms with Crippen molar-refractivity contribution >= 4 is 15.5 Å². The molecule has 3 rings (SSSR count). The molecule has 0 N–H and O–H groups in total. The predicted octanol–water partition coefficient (Wildman–Crippen LogP) is 1.33. The van der Waals surface area contributed by atoms with Crippen molar-refractivity contribution in [3.05, 3.63) is 29.7 Å². The average molecular weight is 265 g/mol. The van der Waals surface area contributed by atoms with E-state index < -0.39 is 9.84 Å². The van der Waals surface area contributed by atoms with Crippen LogP contribution in [0, 0.1) is 6.92 Å². The molecule has 6 heteroatoms. The van der Waals surface area contributed by atoms with Crippen LogP contribution in [0.3, 0.4) is 0 Å². The summed E-state index contributed by atoms with van der Waals surface area (Å²) in [5.41, 5.74) is 1.91. The highest BCUT2D eigenvalue weighted by atomic mass is 32.2. The zero-order valence-electron chi connectivity index (χ0n) is 10.2. The van der Waals surface area contributed by atoms with E-state index in [0.717, 1.165) is 23.5 Å². The highest BCUT2D eigenvalue weighted by Gasteiger charge is 2.29. The van der Waals surface area contributed by atoms with Crippen LogP contribution < -0.4 is 0 Å². The van der Waals surface area contributed by atoms with Gasteiger partial charge in [0.2, 0.25) is 0 Å². The normalized spacial score (nSPS) is 23.3. The summed E-state index contributed by atoms with van der Waals surface area (Å²) < 4.78 is 25.3. The van der Waals surface area contributed by atoms with Crippen molar-refractivity contribution in [2.75, 3.05) is 11.5 Å².